The monoisotopic (exact) mass is 362 g/mol. The van der Waals surface area contributed by atoms with Crippen molar-refractivity contribution in [2.45, 2.75) is 43.8 Å². The number of aryl methyl sites for hydroxylation is 1. The first-order valence-corrected chi connectivity index (χ1v) is 10.9. The summed E-state index contributed by atoms with van der Waals surface area (Å²) in [4.78, 5) is 14.5. The Kier molecular flexibility index (Phi) is 4.58. The van der Waals surface area contributed by atoms with Crippen molar-refractivity contribution in [2.24, 2.45) is 5.92 Å². The molecule has 1 aromatic rings. The van der Waals surface area contributed by atoms with Crippen LogP contribution in [0.25, 0.3) is 0 Å². The summed E-state index contributed by atoms with van der Waals surface area (Å²) in [5.74, 6) is 0.00735. The summed E-state index contributed by atoms with van der Waals surface area (Å²) < 4.78 is 27.8. The molecular weight excluding hydrogens is 336 g/mol. The van der Waals surface area contributed by atoms with Crippen LogP contribution in [0, 0.1) is 5.92 Å². The molecule has 2 unspecified atom stereocenters. The molecule has 2 saturated heterocycles. The maximum Gasteiger partial charge on any atom is 0.227 e. The minimum Gasteiger partial charge on any atom is -0.342 e. The van der Waals surface area contributed by atoms with Crippen LogP contribution >= 0.6 is 0 Å². The van der Waals surface area contributed by atoms with E-state index in [2.05, 4.69) is 6.07 Å². The molecule has 4 rings (SSSR count). The van der Waals surface area contributed by atoms with E-state index in [4.69, 9.17) is 0 Å². The highest BCUT2D eigenvalue weighted by atomic mass is 32.2. The van der Waals surface area contributed by atoms with Gasteiger partial charge in [-0.1, -0.05) is 24.3 Å². The fourth-order valence-corrected chi connectivity index (χ4v) is 6.46. The maximum atomic E-state index is 13.1. The second kappa shape index (κ2) is 6.72. The quantitative estimate of drug-likeness (QED) is 0.824. The van der Waals surface area contributed by atoms with Gasteiger partial charge in [0.15, 0.2) is 0 Å². The molecule has 3 aliphatic rings. The van der Waals surface area contributed by atoms with Crippen LogP contribution in [0.2, 0.25) is 0 Å². The normalized spacial score (nSPS) is 27.4. The lowest BCUT2D eigenvalue weighted by Crippen LogP contribution is -2.41. The number of carbonyl (C=O) groups is 1. The molecule has 2 fully saturated rings. The van der Waals surface area contributed by atoms with E-state index in [1.54, 1.807) is 4.31 Å². The number of benzene rings is 1. The molecule has 6 heteroatoms. The minimum atomic E-state index is -3.33. The number of sulfonamides is 1. The summed E-state index contributed by atoms with van der Waals surface area (Å²) in [6, 6.07) is 8.14. The topological polar surface area (TPSA) is 57.7 Å². The Morgan fingerprint density at radius 3 is 2.48 bits per heavy atom. The Labute approximate surface area is 150 Å². The highest BCUT2D eigenvalue weighted by molar-refractivity contribution is 7.89. The molecule has 5 nitrogen and oxygen atoms in total. The first-order valence-electron chi connectivity index (χ1n) is 9.40. The molecule has 0 bridgehead atoms. The zero-order valence-electron chi connectivity index (χ0n) is 14.6. The number of likely N-dealkylation sites (tertiary alicyclic amines) is 1. The zero-order valence-corrected chi connectivity index (χ0v) is 15.4. The van der Waals surface area contributed by atoms with Gasteiger partial charge in [-0.3, -0.25) is 4.79 Å². The van der Waals surface area contributed by atoms with Crippen molar-refractivity contribution < 1.29 is 13.2 Å². The summed E-state index contributed by atoms with van der Waals surface area (Å²) in [6.45, 7) is 2.53. The van der Waals surface area contributed by atoms with E-state index in [1.165, 1.54) is 5.56 Å². The Morgan fingerprint density at radius 1 is 1.00 bits per heavy atom. The van der Waals surface area contributed by atoms with Crippen LogP contribution in [-0.2, 0) is 27.7 Å². The van der Waals surface area contributed by atoms with E-state index in [9.17, 15) is 13.2 Å². The third-order valence-electron chi connectivity index (χ3n) is 6.00. The van der Waals surface area contributed by atoms with Crippen molar-refractivity contribution in [1.82, 2.24) is 9.21 Å². The van der Waals surface area contributed by atoms with E-state index in [0.29, 0.717) is 32.4 Å². The Morgan fingerprint density at radius 2 is 1.72 bits per heavy atom. The predicted octanol–water partition coefficient (Wildman–Crippen LogP) is 1.82. The molecule has 1 aromatic carbocycles. The van der Waals surface area contributed by atoms with Gasteiger partial charge in [-0.25, -0.2) is 12.7 Å². The molecule has 1 amide bonds. The molecule has 0 spiro atoms. The highest BCUT2D eigenvalue weighted by Gasteiger charge is 2.41. The van der Waals surface area contributed by atoms with E-state index >= 15 is 0 Å². The van der Waals surface area contributed by atoms with E-state index in [1.807, 2.05) is 23.1 Å². The smallest absolute Gasteiger partial charge is 0.227 e. The average Bonchev–Trinajstić information content (AvgIpc) is 3.32. The van der Waals surface area contributed by atoms with Crippen molar-refractivity contribution in [2.75, 3.05) is 26.2 Å². The number of hydrogen-bond donors (Lipinski definition) is 0. The fourth-order valence-electron chi connectivity index (χ4n) is 4.49. The largest absolute Gasteiger partial charge is 0.342 e. The van der Waals surface area contributed by atoms with Crippen LogP contribution in [0.15, 0.2) is 24.3 Å². The SMILES string of the molecule is O=C(C1CCN(S(=O)(=O)C2CCc3ccccc3C2)C1)N1CCCC1. The molecule has 136 valence electrons. The lowest BCUT2D eigenvalue weighted by molar-refractivity contribution is -0.133. The molecule has 0 radical (unpaired) electrons. The highest BCUT2D eigenvalue weighted by Crippen LogP contribution is 2.30. The second-order valence-electron chi connectivity index (χ2n) is 7.55. The number of hydrogen-bond acceptors (Lipinski definition) is 3. The van der Waals surface area contributed by atoms with Gasteiger partial charge in [-0.15, -0.1) is 0 Å². The van der Waals surface area contributed by atoms with Gasteiger partial charge in [0, 0.05) is 26.2 Å². The van der Waals surface area contributed by atoms with Crippen LogP contribution in [0.4, 0.5) is 0 Å². The molecular formula is C19H26N2O3S. The number of amides is 1. The van der Waals surface area contributed by atoms with Gasteiger partial charge in [0.05, 0.1) is 11.2 Å². The van der Waals surface area contributed by atoms with Crippen LogP contribution < -0.4 is 0 Å². The summed E-state index contributed by atoms with van der Waals surface area (Å²) >= 11 is 0. The van der Waals surface area contributed by atoms with E-state index in [0.717, 1.165) is 37.9 Å². The van der Waals surface area contributed by atoms with Gasteiger partial charge in [-0.05, 0) is 49.7 Å². The van der Waals surface area contributed by atoms with Gasteiger partial charge >= 0.3 is 0 Å². The Balaban J connectivity index is 1.44. The van der Waals surface area contributed by atoms with Gasteiger partial charge in [0.1, 0.15) is 0 Å². The third kappa shape index (κ3) is 3.22. The van der Waals surface area contributed by atoms with E-state index < -0.39 is 10.0 Å². The molecule has 25 heavy (non-hydrogen) atoms. The molecule has 0 saturated carbocycles. The van der Waals surface area contributed by atoms with Crippen molar-refractivity contribution in [1.29, 1.82) is 0 Å². The Bertz CT molecular complexity index is 756. The van der Waals surface area contributed by atoms with Crippen LogP contribution in [-0.4, -0.2) is 55.0 Å². The fraction of sp³-hybridized carbons (Fsp3) is 0.632. The van der Waals surface area contributed by atoms with Gasteiger partial charge in [0.25, 0.3) is 0 Å². The van der Waals surface area contributed by atoms with Gasteiger partial charge < -0.3 is 4.90 Å². The molecule has 0 aromatic heterocycles. The van der Waals surface area contributed by atoms with Crippen LogP contribution in [0.3, 0.4) is 0 Å². The Hall–Kier alpha value is -1.40. The van der Waals surface area contributed by atoms with Crippen LogP contribution in [0.1, 0.15) is 36.8 Å². The number of rotatable bonds is 3. The summed E-state index contributed by atoms with van der Waals surface area (Å²) in [7, 11) is -3.33. The van der Waals surface area contributed by atoms with E-state index in [-0.39, 0.29) is 17.1 Å². The molecule has 2 heterocycles. The van der Waals surface area contributed by atoms with Crippen molar-refractivity contribution in [3.8, 4) is 0 Å². The lowest BCUT2D eigenvalue weighted by Gasteiger charge is -2.28. The number of carbonyl (C=O) groups excluding carboxylic acids is 1. The summed E-state index contributed by atoms with van der Waals surface area (Å²) in [5.41, 5.74) is 2.43. The van der Waals surface area contributed by atoms with Gasteiger partial charge in [0.2, 0.25) is 15.9 Å². The minimum absolute atomic E-state index is 0.149. The predicted molar refractivity (Wildman–Crippen MR) is 96.7 cm³/mol. The molecule has 0 N–H and O–H groups in total. The maximum absolute atomic E-state index is 13.1. The average molecular weight is 362 g/mol. The molecule has 1 aliphatic carbocycles. The number of nitrogens with zero attached hydrogens (tertiary/aromatic N) is 2. The standard InChI is InChI=1S/C19H26N2O3S/c22-19(20-10-3-4-11-20)17-9-12-21(14-17)25(23,24)18-8-7-15-5-1-2-6-16(15)13-18/h1-2,5-6,17-18H,3-4,7-14H2. The molecule has 2 atom stereocenters. The van der Waals surface area contributed by atoms with Crippen molar-refractivity contribution in [3.05, 3.63) is 35.4 Å². The molecule has 2 aliphatic heterocycles. The summed E-state index contributed by atoms with van der Waals surface area (Å²) in [5, 5.41) is -0.344. The lowest BCUT2D eigenvalue weighted by atomic mass is 9.92. The number of fused-ring (bicyclic) bond motifs is 1. The third-order valence-corrected chi connectivity index (χ3v) is 8.30. The zero-order chi connectivity index (χ0) is 17.4. The first-order chi connectivity index (χ1) is 12.1. The summed E-state index contributed by atoms with van der Waals surface area (Å²) in [6.07, 6.45) is 4.91. The van der Waals surface area contributed by atoms with Crippen molar-refractivity contribution >= 4 is 15.9 Å². The van der Waals surface area contributed by atoms with Crippen LogP contribution in [0.5, 0.6) is 0 Å². The second-order valence-corrected chi connectivity index (χ2v) is 9.77. The van der Waals surface area contributed by atoms with Crippen molar-refractivity contribution in [3.63, 3.8) is 0 Å². The first kappa shape index (κ1) is 17.0. The van der Waals surface area contributed by atoms with Gasteiger partial charge in [-0.2, -0.15) is 0 Å².